The van der Waals surface area contributed by atoms with E-state index in [1.165, 1.54) is 0 Å². The lowest BCUT2D eigenvalue weighted by Gasteiger charge is -2.13. The molecular weight excluding hydrogens is 458 g/mol. The first-order valence-electron chi connectivity index (χ1n) is 10.8. The molecule has 4 aromatic rings. The maximum atomic E-state index is 13.1. The molecule has 0 fully saturated rings. The summed E-state index contributed by atoms with van der Waals surface area (Å²) in [6.07, 6.45) is -0.723. The highest BCUT2D eigenvalue weighted by molar-refractivity contribution is 6.30. The highest BCUT2D eigenvalue weighted by atomic mass is 35.5. The van der Waals surface area contributed by atoms with Gasteiger partial charge in [0.1, 0.15) is 6.54 Å². The third-order valence-electron chi connectivity index (χ3n) is 5.82. The molecule has 0 saturated heterocycles. The molecule has 1 atom stereocenters. The molecule has 10 heteroatoms. The van der Waals surface area contributed by atoms with Gasteiger partial charge in [0.05, 0.1) is 11.7 Å². The third-order valence-corrected chi connectivity index (χ3v) is 6.07. The van der Waals surface area contributed by atoms with E-state index in [-0.39, 0.29) is 30.2 Å². The SMILES string of the molecule is O=c1[nH]c2c(c(=O)n1Cc1nc(CC(O)c3ccc(Cl)cc3)no1)CN(Cc1ccccc1)C2. The van der Waals surface area contributed by atoms with Gasteiger partial charge in [-0.15, -0.1) is 0 Å². The van der Waals surface area contributed by atoms with Gasteiger partial charge >= 0.3 is 5.69 Å². The molecule has 174 valence electrons. The van der Waals surface area contributed by atoms with Gasteiger partial charge < -0.3 is 14.6 Å². The van der Waals surface area contributed by atoms with Crippen LogP contribution in [0.25, 0.3) is 0 Å². The number of nitrogens with zero attached hydrogens (tertiary/aromatic N) is 4. The molecule has 0 bridgehead atoms. The summed E-state index contributed by atoms with van der Waals surface area (Å²) in [5.74, 6) is 0.391. The van der Waals surface area contributed by atoms with E-state index in [9.17, 15) is 14.7 Å². The Bertz CT molecular complexity index is 1410. The largest absolute Gasteiger partial charge is 0.388 e. The number of nitrogens with one attached hydrogen (secondary N) is 1. The molecule has 2 aromatic carbocycles. The number of fused-ring (bicyclic) bond motifs is 1. The number of aromatic nitrogens is 4. The fourth-order valence-corrected chi connectivity index (χ4v) is 4.23. The van der Waals surface area contributed by atoms with Crippen LogP contribution in [-0.4, -0.2) is 29.7 Å². The lowest BCUT2D eigenvalue weighted by atomic mass is 10.1. The first-order chi connectivity index (χ1) is 16.5. The molecule has 9 nitrogen and oxygen atoms in total. The van der Waals surface area contributed by atoms with Crippen LogP contribution in [0.3, 0.4) is 0 Å². The van der Waals surface area contributed by atoms with Crippen molar-refractivity contribution in [3.05, 3.63) is 115 Å². The third kappa shape index (κ3) is 4.72. The van der Waals surface area contributed by atoms with Gasteiger partial charge in [-0.1, -0.05) is 59.2 Å². The van der Waals surface area contributed by atoms with Gasteiger partial charge in [-0.05, 0) is 23.3 Å². The van der Waals surface area contributed by atoms with Crippen LogP contribution in [0.5, 0.6) is 0 Å². The van der Waals surface area contributed by atoms with E-state index in [4.69, 9.17) is 16.1 Å². The van der Waals surface area contributed by atoms with Crippen LogP contribution in [-0.2, 0) is 32.6 Å². The van der Waals surface area contributed by atoms with Crippen LogP contribution >= 0.6 is 11.6 Å². The van der Waals surface area contributed by atoms with Crippen molar-refractivity contribution in [1.82, 2.24) is 24.6 Å². The Balaban J connectivity index is 1.29. The summed E-state index contributed by atoms with van der Waals surface area (Å²) < 4.78 is 6.30. The maximum absolute atomic E-state index is 13.1. The van der Waals surface area contributed by atoms with E-state index in [1.807, 2.05) is 30.3 Å². The molecule has 2 N–H and O–H groups in total. The van der Waals surface area contributed by atoms with Gasteiger partial charge in [-0.2, -0.15) is 4.98 Å². The summed E-state index contributed by atoms with van der Waals surface area (Å²) in [6.45, 7) is 1.48. The molecule has 34 heavy (non-hydrogen) atoms. The normalized spacial score (nSPS) is 14.3. The fraction of sp³-hybridized carbons (Fsp3) is 0.250. The van der Waals surface area contributed by atoms with E-state index < -0.39 is 11.8 Å². The van der Waals surface area contributed by atoms with Crippen LogP contribution in [0.4, 0.5) is 0 Å². The molecule has 0 saturated carbocycles. The van der Waals surface area contributed by atoms with Crippen LogP contribution in [0, 0.1) is 0 Å². The smallest absolute Gasteiger partial charge is 0.329 e. The molecule has 3 heterocycles. The van der Waals surface area contributed by atoms with Crippen molar-refractivity contribution in [2.45, 2.75) is 38.7 Å². The van der Waals surface area contributed by atoms with Crippen LogP contribution in [0.2, 0.25) is 5.02 Å². The highest BCUT2D eigenvalue weighted by Crippen LogP contribution is 2.20. The Kier molecular flexibility index (Phi) is 6.14. The zero-order chi connectivity index (χ0) is 23.7. The number of hydrogen-bond donors (Lipinski definition) is 2. The number of aliphatic hydroxyl groups excluding tert-OH is 1. The lowest BCUT2D eigenvalue weighted by Crippen LogP contribution is -2.38. The van der Waals surface area contributed by atoms with Gasteiger partial charge in [0.2, 0.25) is 5.89 Å². The number of aromatic amines is 1. The molecular formula is C24H22ClN5O4. The lowest BCUT2D eigenvalue weighted by molar-refractivity contribution is 0.174. The van der Waals surface area contributed by atoms with Crippen molar-refractivity contribution >= 4 is 11.6 Å². The Morgan fingerprint density at radius 2 is 1.82 bits per heavy atom. The minimum Gasteiger partial charge on any atom is -0.388 e. The summed E-state index contributed by atoms with van der Waals surface area (Å²) in [5.41, 5.74) is 2.12. The molecule has 5 rings (SSSR count). The van der Waals surface area contributed by atoms with Gasteiger partial charge in [0.15, 0.2) is 5.82 Å². The van der Waals surface area contributed by atoms with Gasteiger partial charge in [0, 0.05) is 36.8 Å². The molecule has 0 spiro atoms. The molecule has 1 unspecified atom stereocenters. The van der Waals surface area contributed by atoms with Crippen molar-refractivity contribution in [3.63, 3.8) is 0 Å². The Hall–Kier alpha value is -3.53. The summed E-state index contributed by atoms with van der Waals surface area (Å²) in [4.78, 5) is 34.8. The summed E-state index contributed by atoms with van der Waals surface area (Å²) in [6, 6.07) is 16.8. The number of H-pyrrole nitrogens is 1. The van der Waals surface area contributed by atoms with Crippen LogP contribution in [0.1, 0.15) is 40.2 Å². The topological polar surface area (TPSA) is 117 Å². The van der Waals surface area contributed by atoms with E-state index in [0.29, 0.717) is 41.5 Å². The zero-order valence-electron chi connectivity index (χ0n) is 18.1. The van der Waals surface area contributed by atoms with Crippen LogP contribution < -0.4 is 11.2 Å². The molecule has 0 radical (unpaired) electrons. The molecule has 0 amide bonds. The molecule has 2 aromatic heterocycles. The fourth-order valence-electron chi connectivity index (χ4n) is 4.10. The second-order valence-corrected chi connectivity index (χ2v) is 8.72. The van der Waals surface area contributed by atoms with Crippen molar-refractivity contribution in [2.75, 3.05) is 0 Å². The summed E-state index contributed by atoms with van der Waals surface area (Å²) in [5, 5.41) is 14.9. The van der Waals surface area contributed by atoms with Crippen molar-refractivity contribution < 1.29 is 9.63 Å². The zero-order valence-corrected chi connectivity index (χ0v) is 18.9. The predicted octanol–water partition coefficient (Wildman–Crippen LogP) is 2.41. The average molecular weight is 480 g/mol. The summed E-state index contributed by atoms with van der Waals surface area (Å²) in [7, 11) is 0. The summed E-state index contributed by atoms with van der Waals surface area (Å²) >= 11 is 5.88. The molecule has 1 aliphatic heterocycles. The Labute approximate surface area is 199 Å². The highest BCUT2D eigenvalue weighted by Gasteiger charge is 2.25. The Morgan fingerprint density at radius 1 is 1.06 bits per heavy atom. The standard InChI is InChI=1S/C24H22ClN5O4/c25-17-8-6-16(7-9-17)20(31)10-21-27-22(34-28-21)14-30-23(32)18-12-29(13-19(18)26-24(30)33)11-15-4-2-1-3-5-15/h1-9,20,31H,10-14H2,(H,26,33). The van der Waals surface area contributed by atoms with E-state index in [0.717, 1.165) is 10.1 Å². The number of rotatable bonds is 7. The predicted molar refractivity (Wildman–Crippen MR) is 124 cm³/mol. The van der Waals surface area contributed by atoms with Gasteiger partial charge in [-0.3, -0.25) is 14.3 Å². The van der Waals surface area contributed by atoms with E-state index in [1.54, 1.807) is 24.3 Å². The van der Waals surface area contributed by atoms with Crippen LogP contribution in [0.15, 0.2) is 68.7 Å². The second-order valence-electron chi connectivity index (χ2n) is 8.29. The first kappa shape index (κ1) is 22.3. The minimum absolute atomic E-state index is 0.116. The first-order valence-corrected chi connectivity index (χ1v) is 11.2. The van der Waals surface area contributed by atoms with Crippen molar-refractivity contribution in [1.29, 1.82) is 0 Å². The molecule has 1 aliphatic rings. The average Bonchev–Trinajstić information content (AvgIpc) is 3.44. The van der Waals surface area contributed by atoms with Crippen molar-refractivity contribution in [2.24, 2.45) is 0 Å². The van der Waals surface area contributed by atoms with Crippen molar-refractivity contribution in [3.8, 4) is 0 Å². The van der Waals surface area contributed by atoms with Gasteiger partial charge in [-0.25, -0.2) is 4.79 Å². The monoisotopic (exact) mass is 479 g/mol. The quantitative estimate of drug-likeness (QED) is 0.418. The second kappa shape index (κ2) is 9.38. The maximum Gasteiger partial charge on any atom is 0.329 e. The Morgan fingerprint density at radius 3 is 2.59 bits per heavy atom. The minimum atomic E-state index is -0.843. The number of aliphatic hydroxyl groups is 1. The number of halogens is 1. The van der Waals surface area contributed by atoms with E-state index >= 15 is 0 Å². The van der Waals surface area contributed by atoms with E-state index in [2.05, 4.69) is 20.0 Å². The van der Waals surface area contributed by atoms with Gasteiger partial charge in [0.25, 0.3) is 5.56 Å². The number of hydrogen-bond acceptors (Lipinski definition) is 7. The number of benzene rings is 2. The molecule has 0 aliphatic carbocycles.